The second-order valence-electron chi connectivity index (χ2n) is 5.18. The van der Waals surface area contributed by atoms with Gasteiger partial charge in [0, 0.05) is 26.0 Å². The van der Waals surface area contributed by atoms with Gasteiger partial charge in [-0.3, -0.25) is 4.79 Å². The molecule has 2 heterocycles. The average Bonchev–Trinajstić information content (AvgIpc) is 3.18. The molecule has 3 rings (SSSR count). The molecule has 0 saturated carbocycles. The van der Waals surface area contributed by atoms with Crippen molar-refractivity contribution in [2.45, 2.75) is 6.10 Å². The Kier molecular flexibility index (Phi) is 4.98. The lowest BCUT2D eigenvalue weighted by Crippen LogP contribution is -2.30. The third-order valence-electron chi connectivity index (χ3n) is 3.61. The largest absolute Gasteiger partial charge is 0.375 e. The molecule has 0 fully saturated rings. The number of benzene rings is 1. The van der Waals surface area contributed by atoms with Gasteiger partial charge in [0.05, 0.1) is 6.10 Å². The normalized spacial score (nSPS) is 11.9. The molecule has 0 aliphatic rings. The Morgan fingerprint density at radius 2 is 2.00 bits per heavy atom. The van der Waals surface area contributed by atoms with Crippen molar-refractivity contribution in [3.63, 3.8) is 0 Å². The van der Waals surface area contributed by atoms with Crippen LogP contribution in [0.5, 0.6) is 0 Å². The van der Waals surface area contributed by atoms with Crippen molar-refractivity contribution in [3.8, 4) is 5.82 Å². The summed E-state index contributed by atoms with van der Waals surface area (Å²) in [6.07, 6.45) is 3.24. The highest BCUT2D eigenvalue weighted by molar-refractivity contribution is 5.92. The van der Waals surface area contributed by atoms with Crippen molar-refractivity contribution >= 4 is 5.91 Å². The highest BCUT2D eigenvalue weighted by Gasteiger charge is 2.14. The molecule has 6 heteroatoms. The monoisotopic (exact) mass is 322 g/mol. The van der Waals surface area contributed by atoms with Crippen LogP contribution >= 0.6 is 0 Å². The van der Waals surface area contributed by atoms with E-state index in [4.69, 9.17) is 4.74 Å². The van der Waals surface area contributed by atoms with Crippen LogP contribution in [0.2, 0.25) is 0 Å². The van der Waals surface area contributed by atoms with E-state index in [2.05, 4.69) is 15.4 Å². The lowest BCUT2D eigenvalue weighted by atomic mass is 10.1. The minimum absolute atomic E-state index is 0.204. The second kappa shape index (κ2) is 7.52. The molecule has 0 radical (unpaired) electrons. The second-order valence-corrected chi connectivity index (χ2v) is 5.18. The molecular formula is C18H18N4O2. The van der Waals surface area contributed by atoms with E-state index in [1.165, 1.54) is 0 Å². The molecule has 0 spiro atoms. The van der Waals surface area contributed by atoms with E-state index in [0.717, 1.165) is 5.56 Å². The summed E-state index contributed by atoms with van der Waals surface area (Å²) in [5.41, 5.74) is 1.35. The fourth-order valence-corrected chi connectivity index (χ4v) is 2.36. The summed E-state index contributed by atoms with van der Waals surface area (Å²) >= 11 is 0. The van der Waals surface area contributed by atoms with Crippen molar-refractivity contribution < 1.29 is 9.53 Å². The third-order valence-corrected chi connectivity index (χ3v) is 3.61. The summed E-state index contributed by atoms with van der Waals surface area (Å²) < 4.78 is 7.07. The fourth-order valence-electron chi connectivity index (χ4n) is 2.36. The molecule has 122 valence electrons. The SMILES string of the molecule is CO[C@H](CNC(=O)c1cccc(-n2cccn2)n1)c1ccccc1. The quantitative estimate of drug-likeness (QED) is 0.756. The predicted molar refractivity (Wildman–Crippen MR) is 89.9 cm³/mol. The van der Waals surface area contributed by atoms with Crippen molar-refractivity contribution in [2.24, 2.45) is 0 Å². The van der Waals surface area contributed by atoms with E-state index in [9.17, 15) is 4.79 Å². The van der Waals surface area contributed by atoms with Gasteiger partial charge in [0.1, 0.15) is 5.69 Å². The number of carbonyl (C=O) groups is 1. The predicted octanol–water partition coefficient (Wildman–Crippen LogP) is 2.38. The van der Waals surface area contributed by atoms with E-state index in [1.807, 2.05) is 30.3 Å². The van der Waals surface area contributed by atoms with Crippen LogP contribution in [-0.4, -0.2) is 34.3 Å². The molecule has 1 aromatic carbocycles. The van der Waals surface area contributed by atoms with Gasteiger partial charge in [0.15, 0.2) is 5.82 Å². The Hall–Kier alpha value is -2.99. The summed E-state index contributed by atoms with van der Waals surface area (Å²) in [7, 11) is 1.63. The van der Waals surface area contributed by atoms with Gasteiger partial charge in [-0.25, -0.2) is 9.67 Å². The molecule has 0 unspecified atom stereocenters. The maximum atomic E-state index is 12.4. The van der Waals surface area contributed by atoms with Crippen LogP contribution in [0.3, 0.4) is 0 Å². The van der Waals surface area contributed by atoms with E-state index >= 15 is 0 Å². The van der Waals surface area contributed by atoms with Crippen LogP contribution in [0.25, 0.3) is 5.82 Å². The van der Waals surface area contributed by atoms with E-state index < -0.39 is 0 Å². The number of rotatable bonds is 6. The lowest BCUT2D eigenvalue weighted by Gasteiger charge is -2.16. The van der Waals surface area contributed by atoms with Crippen LogP contribution < -0.4 is 5.32 Å². The molecule has 0 saturated heterocycles. The zero-order chi connectivity index (χ0) is 16.8. The van der Waals surface area contributed by atoms with Gasteiger partial charge in [-0.15, -0.1) is 0 Å². The Morgan fingerprint density at radius 3 is 2.71 bits per heavy atom. The molecule has 1 amide bonds. The first-order valence-electron chi connectivity index (χ1n) is 7.61. The first-order chi connectivity index (χ1) is 11.8. The lowest BCUT2D eigenvalue weighted by molar-refractivity contribution is 0.0824. The summed E-state index contributed by atoms with van der Waals surface area (Å²) in [5.74, 6) is 0.348. The van der Waals surface area contributed by atoms with Crippen LogP contribution in [0.15, 0.2) is 67.0 Å². The van der Waals surface area contributed by atoms with Crippen LogP contribution in [-0.2, 0) is 4.74 Å². The van der Waals surface area contributed by atoms with Crippen LogP contribution in [0.1, 0.15) is 22.2 Å². The smallest absolute Gasteiger partial charge is 0.270 e. The number of hydrogen-bond acceptors (Lipinski definition) is 4. The topological polar surface area (TPSA) is 69.0 Å². The molecule has 0 bridgehead atoms. The highest BCUT2D eigenvalue weighted by atomic mass is 16.5. The fraction of sp³-hybridized carbons (Fsp3) is 0.167. The van der Waals surface area contributed by atoms with E-state index in [1.54, 1.807) is 48.5 Å². The number of nitrogens with zero attached hydrogens (tertiary/aromatic N) is 3. The number of hydrogen-bond donors (Lipinski definition) is 1. The molecule has 1 N–H and O–H groups in total. The zero-order valence-electron chi connectivity index (χ0n) is 13.3. The Labute approximate surface area is 140 Å². The average molecular weight is 322 g/mol. The van der Waals surface area contributed by atoms with E-state index in [0.29, 0.717) is 18.1 Å². The molecule has 24 heavy (non-hydrogen) atoms. The summed E-state index contributed by atoms with van der Waals surface area (Å²) in [6, 6.07) is 16.8. The minimum Gasteiger partial charge on any atom is -0.375 e. The number of nitrogens with one attached hydrogen (secondary N) is 1. The number of methoxy groups -OCH3 is 1. The highest BCUT2D eigenvalue weighted by Crippen LogP contribution is 2.15. The van der Waals surface area contributed by atoms with Gasteiger partial charge < -0.3 is 10.1 Å². The van der Waals surface area contributed by atoms with Gasteiger partial charge in [-0.2, -0.15) is 5.10 Å². The standard InChI is InChI=1S/C18H18N4O2/c1-24-16(14-7-3-2-4-8-14)13-19-18(23)15-9-5-10-17(21-15)22-12-6-11-20-22/h2-12,16H,13H2,1H3,(H,19,23)/t16-/m1/s1. The van der Waals surface area contributed by atoms with Gasteiger partial charge in [0.2, 0.25) is 0 Å². The van der Waals surface area contributed by atoms with Gasteiger partial charge in [-0.05, 0) is 23.8 Å². The van der Waals surface area contributed by atoms with Crippen molar-refractivity contribution in [1.29, 1.82) is 0 Å². The number of pyridine rings is 1. The Bertz CT molecular complexity index is 788. The van der Waals surface area contributed by atoms with Gasteiger partial charge >= 0.3 is 0 Å². The molecule has 6 nitrogen and oxygen atoms in total. The zero-order valence-corrected chi connectivity index (χ0v) is 13.3. The number of carbonyl (C=O) groups excluding carboxylic acids is 1. The summed E-state index contributed by atoms with van der Waals surface area (Å²) in [5, 5.41) is 6.98. The summed E-state index contributed by atoms with van der Waals surface area (Å²) in [4.78, 5) is 16.7. The Balaban J connectivity index is 1.68. The van der Waals surface area contributed by atoms with Crippen LogP contribution in [0, 0.1) is 0 Å². The molecule has 2 aromatic heterocycles. The molecule has 0 aliphatic carbocycles. The number of aromatic nitrogens is 3. The molecule has 0 aliphatic heterocycles. The van der Waals surface area contributed by atoms with Crippen molar-refractivity contribution in [2.75, 3.05) is 13.7 Å². The number of ether oxygens (including phenoxy) is 1. The third kappa shape index (κ3) is 3.67. The van der Waals surface area contributed by atoms with Crippen LogP contribution in [0.4, 0.5) is 0 Å². The summed E-state index contributed by atoms with van der Waals surface area (Å²) in [6.45, 7) is 0.368. The minimum atomic E-state index is -0.248. The number of amides is 1. The molecular weight excluding hydrogens is 304 g/mol. The van der Waals surface area contributed by atoms with Gasteiger partial charge in [0.25, 0.3) is 5.91 Å². The maximum Gasteiger partial charge on any atom is 0.270 e. The molecule has 3 aromatic rings. The van der Waals surface area contributed by atoms with Gasteiger partial charge in [-0.1, -0.05) is 36.4 Å². The maximum absolute atomic E-state index is 12.4. The first kappa shape index (κ1) is 15.9. The van der Waals surface area contributed by atoms with E-state index in [-0.39, 0.29) is 12.0 Å². The Morgan fingerprint density at radius 1 is 1.17 bits per heavy atom. The van der Waals surface area contributed by atoms with Crippen molar-refractivity contribution in [1.82, 2.24) is 20.1 Å². The van der Waals surface area contributed by atoms with Crippen molar-refractivity contribution in [3.05, 3.63) is 78.2 Å². The first-order valence-corrected chi connectivity index (χ1v) is 7.61. The molecule has 1 atom stereocenters.